The summed E-state index contributed by atoms with van der Waals surface area (Å²) in [5.41, 5.74) is 5.30. The number of nitrogens with one attached hydrogen (secondary N) is 2. The van der Waals surface area contributed by atoms with Crippen LogP contribution in [0.3, 0.4) is 0 Å². The summed E-state index contributed by atoms with van der Waals surface area (Å²) < 4.78 is 1.70. The Morgan fingerprint density at radius 3 is 2.81 bits per heavy atom. The molecule has 2 aromatic heterocycles. The molecule has 1 amide bonds. The van der Waals surface area contributed by atoms with Crippen LogP contribution >= 0.6 is 0 Å². The molecule has 9 nitrogen and oxygen atoms in total. The standard InChI is InChI=1S/C33H38N6O3/c1-38-30-26(29(37-38)23-7-3-2-4-8-23)10-5-11-27(30)32(40)36-28(33(41)42)17-20-39-19-16-22(21-39)12-14-25-15-13-24-9-6-18-34-31(24)35-25/h2-5,7-8,10-11,13,15,22,28H,6,9,12,14,16-21H2,1H3,(H,34,35)(H,36,40)(H,41,42). The van der Waals surface area contributed by atoms with Crippen LogP contribution in [0, 0.1) is 5.92 Å². The monoisotopic (exact) mass is 566 g/mol. The number of hydrogen-bond donors (Lipinski definition) is 3. The number of hydrogen-bond acceptors (Lipinski definition) is 6. The highest BCUT2D eigenvalue weighted by Gasteiger charge is 2.27. The van der Waals surface area contributed by atoms with Crippen molar-refractivity contribution in [2.75, 3.05) is 31.5 Å². The number of carbonyl (C=O) groups is 2. The number of fused-ring (bicyclic) bond motifs is 2. The van der Waals surface area contributed by atoms with Gasteiger partial charge in [-0.05, 0) is 68.7 Å². The van der Waals surface area contributed by atoms with Crippen molar-refractivity contribution in [3.63, 3.8) is 0 Å². The number of carboxylic acid groups (broad SMARTS) is 1. The van der Waals surface area contributed by atoms with Crippen molar-refractivity contribution in [1.82, 2.24) is 25.0 Å². The van der Waals surface area contributed by atoms with E-state index in [0.717, 1.165) is 79.9 Å². The molecule has 0 radical (unpaired) electrons. The summed E-state index contributed by atoms with van der Waals surface area (Å²) in [6.45, 7) is 3.51. The molecule has 1 saturated heterocycles. The second-order valence-electron chi connectivity index (χ2n) is 11.5. The number of likely N-dealkylation sites (tertiary alicyclic amines) is 1. The molecule has 2 atom stereocenters. The van der Waals surface area contributed by atoms with Gasteiger partial charge in [-0.1, -0.05) is 48.5 Å². The Morgan fingerprint density at radius 1 is 1.12 bits per heavy atom. The summed E-state index contributed by atoms with van der Waals surface area (Å²) in [6.07, 6.45) is 5.73. The molecule has 6 rings (SSSR count). The van der Waals surface area contributed by atoms with E-state index in [2.05, 4.69) is 32.8 Å². The number of rotatable bonds is 10. The van der Waals surface area contributed by atoms with Crippen LogP contribution in [-0.4, -0.2) is 68.9 Å². The SMILES string of the molecule is Cn1nc(-c2ccccc2)c2cccc(C(=O)NC(CCN3CCC(CCc4ccc5c(n4)NCCC5)C3)C(=O)O)c21. The molecular weight excluding hydrogens is 528 g/mol. The molecule has 4 heterocycles. The lowest BCUT2D eigenvalue weighted by Gasteiger charge is -2.20. The van der Waals surface area contributed by atoms with E-state index in [1.807, 2.05) is 49.5 Å². The number of aromatic nitrogens is 3. The van der Waals surface area contributed by atoms with Gasteiger partial charge in [-0.3, -0.25) is 9.48 Å². The average Bonchev–Trinajstić information content (AvgIpc) is 3.62. The number of anilines is 1. The molecule has 2 aromatic carbocycles. The summed E-state index contributed by atoms with van der Waals surface area (Å²) in [6, 6.07) is 18.7. The highest BCUT2D eigenvalue weighted by molar-refractivity contribution is 6.09. The first-order chi connectivity index (χ1) is 20.5. The summed E-state index contributed by atoms with van der Waals surface area (Å²) in [7, 11) is 1.81. The van der Waals surface area contributed by atoms with Gasteiger partial charge in [0.15, 0.2) is 0 Å². The van der Waals surface area contributed by atoms with E-state index in [9.17, 15) is 14.7 Å². The number of carboxylic acids is 1. The third-order valence-electron chi connectivity index (χ3n) is 8.62. The predicted molar refractivity (Wildman–Crippen MR) is 164 cm³/mol. The third-order valence-corrected chi connectivity index (χ3v) is 8.62. The maximum Gasteiger partial charge on any atom is 0.326 e. The molecule has 1 fully saturated rings. The summed E-state index contributed by atoms with van der Waals surface area (Å²) in [5.74, 6) is 0.190. The Balaban J connectivity index is 1.05. The molecule has 9 heteroatoms. The summed E-state index contributed by atoms with van der Waals surface area (Å²) in [5, 5.41) is 21.7. The first-order valence-corrected chi connectivity index (χ1v) is 15.0. The van der Waals surface area contributed by atoms with Crippen molar-refractivity contribution in [2.24, 2.45) is 13.0 Å². The van der Waals surface area contributed by atoms with Crippen molar-refractivity contribution in [2.45, 2.75) is 44.6 Å². The maximum absolute atomic E-state index is 13.4. The number of benzene rings is 2. The minimum absolute atomic E-state index is 0.350. The van der Waals surface area contributed by atoms with Gasteiger partial charge in [0, 0.05) is 43.3 Å². The fraction of sp³-hybridized carbons (Fsp3) is 0.394. The van der Waals surface area contributed by atoms with Crippen LogP contribution < -0.4 is 10.6 Å². The zero-order valence-corrected chi connectivity index (χ0v) is 24.1. The number of carbonyl (C=O) groups excluding carboxylic acids is 1. The van der Waals surface area contributed by atoms with E-state index in [0.29, 0.717) is 30.0 Å². The molecule has 0 bridgehead atoms. The maximum atomic E-state index is 13.4. The lowest BCUT2D eigenvalue weighted by molar-refractivity contribution is -0.139. The Hall–Kier alpha value is -4.24. The molecule has 2 aliphatic heterocycles. The Kier molecular flexibility index (Phi) is 8.19. The molecular formula is C33H38N6O3. The molecule has 4 aromatic rings. The van der Waals surface area contributed by atoms with Crippen LogP contribution in [0.1, 0.15) is 47.3 Å². The quantitative estimate of drug-likeness (QED) is 0.259. The largest absolute Gasteiger partial charge is 0.480 e. The van der Waals surface area contributed by atoms with Crippen LogP contribution in [0.2, 0.25) is 0 Å². The van der Waals surface area contributed by atoms with Gasteiger partial charge in [-0.15, -0.1) is 0 Å². The highest BCUT2D eigenvalue weighted by atomic mass is 16.4. The van der Waals surface area contributed by atoms with E-state index in [4.69, 9.17) is 4.98 Å². The third kappa shape index (κ3) is 6.01. The van der Waals surface area contributed by atoms with Crippen LogP contribution in [0.5, 0.6) is 0 Å². The van der Waals surface area contributed by atoms with E-state index < -0.39 is 17.9 Å². The van der Waals surface area contributed by atoms with Crippen LogP contribution in [0.15, 0.2) is 60.7 Å². The lowest BCUT2D eigenvalue weighted by atomic mass is 10.00. The number of amides is 1. The predicted octanol–water partition coefficient (Wildman–Crippen LogP) is 4.52. The lowest BCUT2D eigenvalue weighted by Crippen LogP contribution is -2.43. The van der Waals surface area contributed by atoms with Gasteiger partial charge in [0.25, 0.3) is 5.91 Å². The number of aryl methyl sites for hydroxylation is 3. The van der Waals surface area contributed by atoms with Gasteiger partial charge in [0.2, 0.25) is 0 Å². The van der Waals surface area contributed by atoms with Crippen LogP contribution in [0.4, 0.5) is 5.82 Å². The Morgan fingerprint density at radius 2 is 1.98 bits per heavy atom. The summed E-state index contributed by atoms with van der Waals surface area (Å²) >= 11 is 0. The molecule has 42 heavy (non-hydrogen) atoms. The van der Waals surface area contributed by atoms with E-state index in [1.165, 1.54) is 5.56 Å². The molecule has 2 unspecified atom stereocenters. The molecule has 0 saturated carbocycles. The van der Waals surface area contributed by atoms with Crippen molar-refractivity contribution in [3.05, 3.63) is 77.5 Å². The van der Waals surface area contributed by atoms with Gasteiger partial charge in [-0.25, -0.2) is 9.78 Å². The highest BCUT2D eigenvalue weighted by Crippen LogP contribution is 2.30. The number of nitrogens with zero attached hydrogens (tertiary/aromatic N) is 4. The van der Waals surface area contributed by atoms with E-state index in [1.54, 1.807) is 10.7 Å². The first kappa shape index (κ1) is 27.9. The number of aliphatic carboxylic acids is 1. The van der Waals surface area contributed by atoms with Crippen molar-refractivity contribution in [3.8, 4) is 11.3 Å². The van der Waals surface area contributed by atoms with Gasteiger partial charge in [0.05, 0.1) is 11.1 Å². The number of para-hydroxylation sites is 1. The minimum atomic E-state index is -1.02. The van der Waals surface area contributed by atoms with Crippen molar-refractivity contribution < 1.29 is 14.7 Å². The zero-order chi connectivity index (χ0) is 29.1. The normalized spacial score (nSPS) is 17.5. The van der Waals surface area contributed by atoms with Gasteiger partial charge < -0.3 is 20.6 Å². The molecule has 2 aliphatic rings. The van der Waals surface area contributed by atoms with Crippen LogP contribution in [-0.2, 0) is 24.7 Å². The average molecular weight is 567 g/mol. The van der Waals surface area contributed by atoms with Gasteiger partial charge >= 0.3 is 5.97 Å². The van der Waals surface area contributed by atoms with Crippen molar-refractivity contribution >= 4 is 28.6 Å². The summed E-state index contributed by atoms with van der Waals surface area (Å²) in [4.78, 5) is 32.7. The molecule has 0 aliphatic carbocycles. The fourth-order valence-corrected chi connectivity index (χ4v) is 6.35. The minimum Gasteiger partial charge on any atom is -0.480 e. The van der Waals surface area contributed by atoms with Gasteiger partial charge in [0.1, 0.15) is 17.6 Å². The van der Waals surface area contributed by atoms with E-state index in [-0.39, 0.29) is 0 Å². The van der Waals surface area contributed by atoms with Crippen LogP contribution in [0.25, 0.3) is 22.2 Å². The topological polar surface area (TPSA) is 112 Å². The Labute approximate surface area is 245 Å². The smallest absolute Gasteiger partial charge is 0.326 e. The fourth-order valence-electron chi connectivity index (χ4n) is 6.35. The first-order valence-electron chi connectivity index (χ1n) is 15.0. The zero-order valence-electron chi connectivity index (χ0n) is 24.1. The van der Waals surface area contributed by atoms with Gasteiger partial charge in [-0.2, -0.15) is 5.10 Å². The number of pyridine rings is 1. The second kappa shape index (κ2) is 12.3. The van der Waals surface area contributed by atoms with Crippen molar-refractivity contribution in [1.29, 1.82) is 0 Å². The molecule has 218 valence electrons. The Bertz CT molecular complexity index is 1580. The molecule has 0 spiro atoms. The molecule has 3 N–H and O–H groups in total. The van der Waals surface area contributed by atoms with E-state index >= 15 is 0 Å². The second-order valence-corrected chi connectivity index (χ2v) is 11.5.